The second-order valence-corrected chi connectivity index (χ2v) is 5.09. The molecule has 0 fully saturated rings. The van der Waals surface area contributed by atoms with E-state index in [1.165, 1.54) is 10.9 Å². The van der Waals surface area contributed by atoms with Crippen LogP contribution in [-0.4, -0.2) is 16.6 Å². The molecule has 0 saturated heterocycles. The van der Waals surface area contributed by atoms with Crippen LogP contribution in [0.25, 0.3) is 10.9 Å². The summed E-state index contributed by atoms with van der Waals surface area (Å²) in [5.74, 6) is 0.312. The lowest BCUT2D eigenvalue weighted by atomic mass is 10.1. The molecule has 0 spiro atoms. The second kappa shape index (κ2) is 6.37. The summed E-state index contributed by atoms with van der Waals surface area (Å²) in [6.07, 6.45) is 0.938. The lowest BCUT2D eigenvalue weighted by Gasteiger charge is -2.06. The monoisotopic (exact) mass is 278 g/mol. The molecule has 3 rings (SSSR count). The largest absolute Gasteiger partial charge is 0.508 e. The summed E-state index contributed by atoms with van der Waals surface area (Å²) < 4.78 is 0. The molecule has 1 heterocycles. The second-order valence-electron chi connectivity index (χ2n) is 5.09. The molecule has 3 heteroatoms. The first-order valence-corrected chi connectivity index (χ1v) is 7.14. The Bertz CT molecular complexity index is 723. The van der Waals surface area contributed by atoms with Gasteiger partial charge in [-0.2, -0.15) is 0 Å². The number of rotatable bonds is 5. The minimum Gasteiger partial charge on any atom is -0.508 e. The van der Waals surface area contributed by atoms with Crippen LogP contribution < -0.4 is 5.32 Å². The molecular weight excluding hydrogens is 260 g/mol. The van der Waals surface area contributed by atoms with Crippen LogP contribution >= 0.6 is 0 Å². The number of pyridine rings is 1. The smallest absolute Gasteiger partial charge is 0.115 e. The fourth-order valence-electron chi connectivity index (χ4n) is 2.32. The van der Waals surface area contributed by atoms with E-state index in [2.05, 4.69) is 28.5 Å². The Balaban J connectivity index is 1.53. The Labute approximate surface area is 124 Å². The van der Waals surface area contributed by atoms with Crippen LogP contribution in [0.2, 0.25) is 0 Å². The summed E-state index contributed by atoms with van der Waals surface area (Å²) in [6, 6.07) is 19.7. The number of hydrogen-bond donors (Lipinski definition) is 2. The zero-order valence-corrected chi connectivity index (χ0v) is 11.8. The van der Waals surface area contributed by atoms with Crippen molar-refractivity contribution < 1.29 is 5.11 Å². The molecule has 0 bridgehead atoms. The van der Waals surface area contributed by atoms with Crippen LogP contribution in [0, 0.1) is 0 Å². The van der Waals surface area contributed by atoms with Crippen molar-refractivity contribution in [1.82, 2.24) is 10.3 Å². The number of aromatic hydroxyl groups is 1. The summed E-state index contributed by atoms with van der Waals surface area (Å²) in [7, 11) is 0. The van der Waals surface area contributed by atoms with Crippen molar-refractivity contribution in [3.8, 4) is 5.75 Å². The highest BCUT2D eigenvalue weighted by atomic mass is 16.3. The molecule has 0 radical (unpaired) electrons. The molecule has 1 aromatic heterocycles. The van der Waals surface area contributed by atoms with Gasteiger partial charge in [0.2, 0.25) is 0 Å². The number of nitrogens with one attached hydrogen (secondary N) is 1. The first-order chi connectivity index (χ1) is 10.3. The standard InChI is InChI=1S/C18H18N2O/c21-17-9-5-14(6-10-17)11-12-19-13-16-8-7-15-3-1-2-4-18(15)20-16/h1-10,19,21H,11-13H2. The van der Waals surface area contributed by atoms with Gasteiger partial charge >= 0.3 is 0 Å². The van der Waals surface area contributed by atoms with E-state index < -0.39 is 0 Å². The lowest BCUT2D eigenvalue weighted by Crippen LogP contribution is -2.17. The molecule has 0 aliphatic rings. The average molecular weight is 278 g/mol. The zero-order chi connectivity index (χ0) is 14.5. The maximum atomic E-state index is 9.24. The molecule has 0 amide bonds. The zero-order valence-electron chi connectivity index (χ0n) is 11.8. The van der Waals surface area contributed by atoms with Crippen molar-refractivity contribution in [3.63, 3.8) is 0 Å². The molecular formula is C18H18N2O. The third kappa shape index (κ3) is 3.58. The van der Waals surface area contributed by atoms with Gasteiger partial charge in [0.25, 0.3) is 0 Å². The quantitative estimate of drug-likeness (QED) is 0.704. The summed E-state index contributed by atoms with van der Waals surface area (Å²) >= 11 is 0. The number of para-hydroxylation sites is 1. The first kappa shape index (κ1) is 13.6. The normalized spacial score (nSPS) is 10.9. The summed E-state index contributed by atoms with van der Waals surface area (Å²) in [6.45, 7) is 1.65. The van der Waals surface area contributed by atoms with E-state index >= 15 is 0 Å². The summed E-state index contributed by atoms with van der Waals surface area (Å²) in [5, 5.41) is 13.8. The topological polar surface area (TPSA) is 45.1 Å². The lowest BCUT2D eigenvalue weighted by molar-refractivity contribution is 0.475. The van der Waals surface area contributed by atoms with Gasteiger partial charge in [-0.25, -0.2) is 0 Å². The van der Waals surface area contributed by atoms with Crippen LogP contribution in [0.15, 0.2) is 60.7 Å². The molecule has 3 aromatic rings. The molecule has 0 aliphatic heterocycles. The Morgan fingerprint density at radius 3 is 2.57 bits per heavy atom. The van der Waals surface area contributed by atoms with Gasteiger partial charge in [-0.15, -0.1) is 0 Å². The minimum absolute atomic E-state index is 0.312. The molecule has 0 saturated carbocycles. The summed E-state index contributed by atoms with van der Waals surface area (Å²) in [5.41, 5.74) is 3.31. The van der Waals surface area contributed by atoms with Crippen LogP contribution in [0.3, 0.4) is 0 Å². The van der Waals surface area contributed by atoms with E-state index in [9.17, 15) is 5.11 Å². The number of fused-ring (bicyclic) bond motifs is 1. The molecule has 106 valence electrons. The number of aromatic nitrogens is 1. The van der Waals surface area contributed by atoms with Gasteiger partial charge in [0.1, 0.15) is 5.75 Å². The van der Waals surface area contributed by atoms with E-state index in [0.29, 0.717) is 5.75 Å². The van der Waals surface area contributed by atoms with Gasteiger partial charge in [0.05, 0.1) is 11.2 Å². The Morgan fingerprint density at radius 1 is 0.905 bits per heavy atom. The fraction of sp³-hybridized carbons (Fsp3) is 0.167. The highest BCUT2D eigenvalue weighted by Gasteiger charge is 1.98. The number of phenols is 1. The predicted octanol–water partition coefficient (Wildman–Crippen LogP) is 3.27. The number of hydrogen-bond acceptors (Lipinski definition) is 3. The highest BCUT2D eigenvalue weighted by Crippen LogP contribution is 2.12. The average Bonchev–Trinajstić information content (AvgIpc) is 2.53. The number of benzene rings is 2. The maximum Gasteiger partial charge on any atom is 0.115 e. The van der Waals surface area contributed by atoms with Gasteiger partial charge in [0.15, 0.2) is 0 Å². The third-order valence-corrected chi connectivity index (χ3v) is 3.49. The Hall–Kier alpha value is -2.39. The molecule has 3 nitrogen and oxygen atoms in total. The van der Waals surface area contributed by atoms with Crippen molar-refractivity contribution >= 4 is 10.9 Å². The van der Waals surface area contributed by atoms with E-state index in [0.717, 1.165) is 30.7 Å². The van der Waals surface area contributed by atoms with Crippen molar-refractivity contribution in [2.45, 2.75) is 13.0 Å². The van der Waals surface area contributed by atoms with Gasteiger partial charge in [-0.1, -0.05) is 36.4 Å². The molecule has 0 aliphatic carbocycles. The minimum atomic E-state index is 0.312. The van der Waals surface area contributed by atoms with E-state index in [1.54, 1.807) is 12.1 Å². The molecule has 21 heavy (non-hydrogen) atoms. The number of phenolic OH excluding ortho intramolecular Hbond substituents is 1. The van der Waals surface area contributed by atoms with Crippen molar-refractivity contribution in [3.05, 3.63) is 71.9 Å². The third-order valence-electron chi connectivity index (χ3n) is 3.49. The highest BCUT2D eigenvalue weighted by molar-refractivity contribution is 5.78. The van der Waals surface area contributed by atoms with Crippen LogP contribution in [0.5, 0.6) is 5.75 Å². The van der Waals surface area contributed by atoms with Gasteiger partial charge in [-0.3, -0.25) is 4.98 Å². The van der Waals surface area contributed by atoms with Crippen LogP contribution in [-0.2, 0) is 13.0 Å². The predicted molar refractivity (Wildman–Crippen MR) is 85.3 cm³/mol. The Kier molecular flexibility index (Phi) is 4.12. The SMILES string of the molecule is Oc1ccc(CCNCc2ccc3ccccc3n2)cc1. The molecule has 2 N–H and O–H groups in total. The van der Waals surface area contributed by atoms with Crippen molar-refractivity contribution in [2.75, 3.05) is 6.54 Å². The Morgan fingerprint density at radius 2 is 1.71 bits per heavy atom. The molecule has 0 atom stereocenters. The van der Waals surface area contributed by atoms with E-state index in [1.807, 2.05) is 30.3 Å². The molecule has 0 unspecified atom stereocenters. The van der Waals surface area contributed by atoms with Gasteiger partial charge in [-0.05, 0) is 42.8 Å². The van der Waals surface area contributed by atoms with Gasteiger partial charge < -0.3 is 10.4 Å². The first-order valence-electron chi connectivity index (χ1n) is 7.14. The van der Waals surface area contributed by atoms with Crippen LogP contribution in [0.1, 0.15) is 11.3 Å². The summed E-state index contributed by atoms with van der Waals surface area (Å²) in [4.78, 5) is 4.64. The van der Waals surface area contributed by atoms with E-state index in [-0.39, 0.29) is 0 Å². The van der Waals surface area contributed by atoms with Gasteiger partial charge in [0, 0.05) is 11.9 Å². The van der Waals surface area contributed by atoms with Crippen molar-refractivity contribution in [2.24, 2.45) is 0 Å². The van der Waals surface area contributed by atoms with Crippen molar-refractivity contribution in [1.29, 1.82) is 0 Å². The molecule has 2 aromatic carbocycles. The van der Waals surface area contributed by atoms with Crippen LogP contribution in [0.4, 0.5) is 0 Å². The van der Waals surface area contributed by atoms with E-state index in [4.69, 9.17) is 0 Å². The maximum absolute atomic E-state index is 9.24. The number of nitrogens with zero attached hydrogens (tertiary/aromatic N) is 1. The fourth-order valence-corrected chi connectivity index (χ4v) is 2.32.